The molecule has 1 saturated carbocycles. The van der Waals surface area contributed by atoms with E-state index < -0.39 is 5.97 Å². The molecule has 0 bridgehead atoms. The van der Waals surface area contributed by atoms with E-state index in [1.807, 2.05) is 60.7 Å². The molecule has 6 nitrogen and oxygen atoms in total. The van der Waals surface area contributed by atoms with Gasteiger partial charge in [0.05, 0.1) is 11.9 Å². The molecule has 0 aliphatic heterocycles. The molecule has 0 saturated heterocycles. The van der Waals surface area contributed by atoms with E-state index in [0.29, 0.717) is 27.6 Å². The maximum absolute atomic E-state index is 13.3. The van der Waals surface area contributed by atoms with Crippen molar-refractivity contribution in [2.45, 2.75) is 32.5 Å². The van der Waals surface area contributed by atoms with E-state index in [9.17, 15) is 14.4 Å². The van der Waals surface area contributed by atoms with Gasteiger partial charge in [0.25, 0.3) is 5.56 Å². The van der Waals surface area contributed by atoms with Crippen molar-refractivity contribution in [1.29, 1.82) is 0 Å². The monoisotopic (exact) mass is 446 g/mol. The number of thiophene rings is 1. The van der Waals surface area contributed by atoms with E-state index in [1.54, 1.807) is 10.6 Å². The Morgan fingerprint density at radius 1 is 0.938 bits per heavy atom. The molecule has 1 aliphatic rings. The molecule has 1 aliphatic carbocycles. The fourth-order valence-electron chi connectivity index (χ4n) is 3.72. The standard InChI is InChI=1S/C25H22N2O4S/c28-22-20-13-21(24(29)31-16-19-9-5-2-6-10-19)32-23(20)27(15-18-11-12-18)25(30)26(22)14-17-7-3-1-4-8-17/h1-10,13,18H,11-12,14-16H2. The largest absolute Gasteiger partial charge is 0.457 e. The number of carbonyl (C=O) groups is 1. The lowest BCUT2D eigenvalue weighted by Crippen LogP contribution is -2.40. The van der Waals surface area contributed by atoms with E-state index in [1.165, 1.54) is 4.57 Å². The summed E-state index contributed by atoms with van der Waals surface area (Å²) in [6.07, 6.45) is 2.15. The average Bonchev–Trinajstić information content (AvgIpc) is 3.54. The average molecular weight is 447 g/mol. The van der Waals surface area contributed by atoms with Crippen molar-refractivity contribution in [3.05, 3.63) is 104 Å². The molecule has 162 valence electrons. The normalized spacial score (nSPS) is 13.4. The summed E-state index contributed by atoms with van der Waals surface area (Å²) in [5.41, 5.74) is 1.06. The number of esters is 1. The fourth-order valence-corrected chi connectivity index (χ4v) is 4.77. The minimum absolute atomic E-state index is 0.154. The Hall–Kier alpha value is -3.45. The van der Waals surface area contributed by atoms with Crippen molar-refractivity contribution in [1.82, 2.24) is 9.13 Å². The van der Waals surface area contributed by atoms with Crippen LogP contribution in [0.3, 0.4) is 0 Å². The highest BCUT2D eigenvalue weighted by atomic mass is 32.1. The Bertz CT molecular complexity index is 1380. The first-order chi connectivity index (χ1) is 15.6. The Balaban J connectivity index is 1.53. The second-order valence-electron chi connectivity index (χ2n) is 8.10. The van der Waals surface area contributed by atoms with Crippen molar-refractivity contribution >= 4 is 27.5 Å². The molecular formula is C25H22N2O4S. The predicted octanol–water partition coefficient (Wildman–Crippen LogP) is 4.04. The van der Waals surface area contributed by atoms with Crippen LogP contribution in [0.4, 0.5) is 0 Å². The van der Waals surface area contributed by atoms with Crippen LogP contribution in [0.1, 0.15) is 33.6 Å². The molecule has 0 atom stereocenters. The summed E-state index contributed by atoms with van der Waals surface area (Å²) >= 11 is 1.16. The van der Waals surface area contributed by atoms with Crippen LogP contribution in [-0.4, -0.2) is 15.1 Å². The van der Waals surface area contributed by atoms with Crippen molar-refractivity contribution in [3.63, 3.8) is 0 Å². The third-order valence-corrected chi connectivity index (χ3v) is 6.77. The van der Waals surface area contributed by atoms with Crippen molar-refractivity contribution in [2.24, 2.45) is 5.92 Å². The van der Waals surface area contributed by atoms with Crippen LogP contribution >= 0.6 is 11.3 Å². The maximum atomic E-state index is 13.3. The summed E-state index contributed by atoms with van der Waals surface area (Å²) in [6.45, 7) is 0.910. The number of rotatable bonds is 7. The lowest BCUT2D eigenvalue weighted by molar-refractivity contribution is 0.0478. The van der Waals surface area contributed by atoms with Crippen LogP contribution in [0.15, 0.2) is 76.3 Å². The van der Waals surface area contributed by atoms with Crippen LogP contribution in [0.5, 0.6) is 0 Å². The van der Waals surface area contributed by atoms with E-state index in [-0.39, 0.29) is 24.4 Å². The SMILES string of the molecule is O=C(OCc1ccccc1)c1cc2c(=O)n(Cc3ccccc3)c(=O)n(CC3CC3)c2s1. The first-order valence-electron chi connectivity index (χ1n) is 10.6. The number of benzene rings is 2. The molecule has 0 radical (unpaired) electrons. The number of carbonyl (C=O) groups excluding carboxylic acids is 1. The highest BCUT2D eigenvalue weighted by Gasteiger charge is 2.26. The van der Waals surface area contributed by atoms with Gasteiger partial charge in [0.2, 0.25) is 0 Å². The Labute approximate surface area is 188 Å². The minimum Gasteiger partial charge on any atom is -0.457 e. The second kappa shape index (κ2) is 8.59. The first kappa shape index (κ1) is 20.5. The zero-order valence-corrected chi connectivity index (χ0v) is 18.2. The summed E-state index contributed by atoms with van der Waals surface area (Å²) in [5.74, 6) is -0.0522. The van der Waals surface area contributed by atoms with E-state index in [0.717, 1.165) is 35.3 Å². The third kappa shape index (κ3) is 4.16. The van der Waals surface area contributed by atoms with Gasteiger partial charge in [-0.25, -0.2) is 9.59 Å². The summed E-state index contributed by atoms with van der Waals surface area (Å²) in [5, 5.41) is 0.387. The molecule has 5 rings (SSSR count). The van der Waals surface area contributed by atoms with Gasteiger partial charge in [-0.3, -0.25) is 13.9 Å². The van der Waals surface area contributed by atoms with Crippen LogP contribution in [0.25, 0.3) is 10.2 Å². The minimum atomic E-state index is -0.491. The molecule has 4 aromatic rings. The summed E-state index contributed by atoms with van der Waals surface area (Å²) in [4.78, 5) is 40.1. The third-order valence-electron chi connectivity index (χ3n) is 5.63. The van der Waals surface area contributed by atoms with Crippen molar-refractivity contribution in [3.8, 4) is 0 Å². The molecule has 0 unspecified atom stereocenters. The van der Waals surface area contributed by atoms with Gasteiger partial charge >= 0.3 is 11.7 Å². The number of aromatic nitrogens is 2. The smallest absolute Gasteiger partial charge is 0.348 e. The zero-order valence-electron chi connectivity index (χ0n) is 17.4. The molecule has 2 aromatic heterocycles. The number of hydrogen-bond donors (Lipinski definition) is 0. The number of ether oxygens (including phenoxy) is 1. The second-order valence-corrected chi connectivity index (χ2v) is 9.14. The highest BCUT2D eigenvalue weighted by Crippen LogP contribution is 2.32. The first-order valence-corrected chi connectivity index (χ1v) is 11.4. The van der Waals surface area contributed by atoms with Gasteiger partial charge in [0, 0.05) is 6.54 Å². The zero-order chi connectivity index (χ0) is 22.1. The van der Waals surface area contributed by atoms with E-state index in [4.69, 9.17) is 4.74 Å². The molecule has 0 spiro atoms. The summed E-state index contributed by atoms with van der Waals surface area (Å²) in [7, 11) is 0. The predicted molar refractivity (Wildman–Crippen MR) is 124 cm³/mol. The fraction of sp³-hybridized carbons (Fsp3) is 0.240. The van der Waals surface area contributed by atoms with Gasteiger partial charge in [-0.2, -0.15) is 0 Å². The highest BCUT2D eigenvalue weighted by molar-refractivity contribution is 7.20. The van der Waals surface area contributed by atoms with Gasteiger partial charge < -0.3 is 4.74 Å². The van der Waals surface area contributed by atoms with Crippen LogP contribution in [0.2, 0.25) is 0 Å². The summed E-state index contributed by atoms with van der Waals surface area (Å²) in [6, 6.07) is 20.4. The lowest BCUT2D eigenvalue weighted by Gasteiger charge is -2.11. The number of fused-ring (bicyclic) bond motifs is 1. The van der Waals surface area contributed by atoms with E-state index >= 15 is 0 Å². The molecule has 0 N–H and O–H groups in total. The van der Waals surface area contributed by atoms with Gasteiger partial charge in [0.1, 0.15) is 16.3 Å². The Morgan fingerprint density at radius 2 is 1.59 bits per heavy atom. The molecule has 0 amide bonds. The maximum Gasteiger partial charge on any atom is 0.348 e. The molecule has 7 heteroatoms. The van der Waals surface area contributed by atoms with Gasteiger partial charge in [0.15, 0.2) is 0 Å². The van der Waals surface area contributed by atoms with Gasteiger partial charge in [-0.1, -0.05) is 60.7 Å². The topological polar surface area (TPSA) is 70.3 Å². The Kier molecular flexibility index (Phi) is 5.49. The van der Waals surface area contributed by atoms with Crippen molar-refractivity contribution < 1.29 is 9.53 Å². The number of nitrogens with zero attached hydrogens (tertiary/aromatic N) is 2. The lowest BCUT2D eigenvalue weighted by atomic mass is 10.2. The van der Waals surface area contributed by atoms with Crippen molar-refractivity contribution in [2.75, 3.05) is 0 Å². The van der Waals surface area contributed by atoms with Crippen LogP contribution in [0, 0.1) is 5.92 Å². The molecule has 2 heterocycles. The van der Waals surface area contributed by atoms with Gasteiger partial charge in [-0.05, 0) is 36.0 Å². The quantitative estimate of drug-likeness (QED) is 0.402. The molecule has 32 heavy (non-hydrogen) atoms. The van der Waals surface area contributed by atoms with Crippen LogP contribution in [-0.2, 0) is 24.4 Å². The van der Waals surface area contributed by atoms with Gasteiger partial charge in [-0.15, -0.1) is 11.3 Å². The summed E-state index contributed by atoms with van der Waals surface area (Å²) < 4.78 is 8.38. The van der Waals surface area contributed by atoms with Crippen LogP contribution < -0.4 is 11.2 Å². The molecule has 1 fully saturated rings. The van der Waals surface area contributed by atoms with E-state index in [2.05, 4.69) is 0 Å². The Morgan fingerprint density at radius 3 is 2.25 bits per heavy atom. The molecule has 2 aromatic carbocycles. The number of hydrogen-bond acceptors (Lipinski definition) is 5. The molecular weight excluding hydrogens is 424 g/mol.